The second-order valence-electron chi connectivity index (χ2n) is 8.00. The number of ether oxygens (including phenoxy) is 1. The minimum absolute atomic E-state index is 0.116. The number of aryl methyl sites for hydroxylation is 1. The van der Waals surface area contributed by atoms with E-state index in [4.69, 9.17) is 16.3 Å². The van der Waals surface area contributed by atoms with Crippen LogP contribution in [0.5, 0.6) is 0 Å². The van der Waals surface area contributed by atoms with Gasteiger partial charge in [0.05, 0.1) is 25.0 Å². The van der Waals surface area contributed by atoms with Crippen LogP contribution in [0, 0.1) is 19.7 Å². The van der Waals surface area contributed by atoms with Crippen molar-refractivity contribution in [1.82, 2.24) is 4.31 Å². The maximum atomic E-state index is 14.8. The number of hydrogen-bond donors (Lipinski definition) is 1. The third-order valence-corrected chi connectivity index (χ3v) is 8.12. The Balaban J connectivity index is 2.24. The van der Waals surface area contributed by atoms with Crippen molar-refractivity contribution in [3.05, 3.63) is 57.4 Å². The van der Waals surface area contributed by atoms with Gasteiger partial charge >= 0.3 is 11.9 Å². The van der Waals surface area contributed by atoms with Crippen LogP contribution in [0.3, 0.4) is 0 Å². The molecule has 2 aromatic rings. The lowest BCUT2D eigenvalue weighted by Gasteiger charge is -2.40. The zero-order valence-corrected chi connectivity index (χ0v) is 20.3. The molecule has 0 fully saturated rings. The van der Waals surface area contributed by atoms with Crippen molar-refractivity contribution in [2.45, 2.75) is 37.6 Å². The molecule has 0 radical (unpaired) electrons. The van der Waals surface area contributed by atoms with Crippen LogP contribution in [-0.4, -0.2) is 56.6 Å². The second kappa shape index (κ2) is 8.92. The van der Waals surface area contributed by atoms with Gasteiger partial charge in [-0.3, -0.25) is 4.79 Å². The van der Waals surface area contributed by atoms with Gasteiger partial charge in [0.2, 0.25) is 10.0 Å². The van der Waals surface area contributed by atoms with E-state index in [0.29, 0.717) is 5.56 Å². The lowest BCUT2D eigenvalue weighted by atomic mass is 9.87. The number of aliphatic carboxylic acids is 1. The molecule has 0 bridgehead atoms. The maximum absolute atomic E-state index is 14.8. The van der Waals surface area contributed by atoms with Gasteiger partial charge in [-0.05, 0) is 48.7 Å². The number of esters is 1. The fourth-order valence-electron chi connectivity index (χ4n) is 4.22. The number of hydrogen-bond acceptors (Lipinski definition) is 6. The van der Waals surface area contributed by atoms with Gasteiger partial charge in [-0.25, -0.2) is 17.6 Å². The molecule has 0 saturated heterocycles. The van der Waals surface area contributed by atoms with Gasteiger partial charge < -0.3 is 14.7 Å². The van der Waals surface area contributed by atoms with Crippen LogP contribution in [0.4, 0.5) is 10.1 Å². The number of carbonyl (C=O) groups excluding carboxylic acids is 1. The van der Waals surface area contributed by atoms with Crippen LogP contribution in [0.2, 0.25) is 5.02 Å². The molecule has 1 aliphatic rings. The maximum Gasteiger partial charge on any atom is 0.339 e. The molecule has 1 aliphatic heterocycles. The molecule has 1 heterocycles. The highest BCUT2D eigenvalue weighted by Gasteiger charge is 2.47. The highest BCUT2D eigenvalue weighted by Crippen LogP contribution is 2.41. The molecule has 0 saturated carbocycles. The van der Waals surface area contributed by atoms with E-state index >= 15 is 0 Å². The predicted molar refractivity (Wildman–Crippen MR) is 121 cm³/mol. The van der Waals surface area contributed by atoms with Crippen molar-refractivity contribution in [2.24, 2.45) is 0 Å². The fourth-order valence-corrected chi connectivity index (χ4v) is 6.46. The topological polar surface area (TPSA) is 104 Å². The molecule has 0 aliphatic carbocycles. The van der Waals surface area contributed by atoms with Crippen LogP contribution < -0.4 is 4.90 Å². The van der Waals surface area contributed by atoms with Gasteiger partial charge in [0.1, 0.15) is 16.8 Å². The smallest absolute Gasteiger partial charge is 0.339 e. The zero-order chi connectivity index (χ0) is 24.8. The first-order valence-electron chi connectivity index (χ1n) is 9.96. The minimum Gasteiger partial charge on any atom is -0.480 e. The first kappa shape index (κ1) is 24.9. The van der Waals surface area contributed by atoms with E-state index in [1.165, 1.54) is 24.0 Å². The van der Waals surface area contributed by atoms with Gasteiger partial charge in [0.15, 0.2) is 0 Å². The Kier molecular flexibility index (Phi) is 6.74. The summed E-state index contributed by atoms with van der Waals surface area (Å²) in [5.41, 5.74) is 1.23. The molecule has 33 heavy (non-hydrogen) atoms. The molecular weight excluding hydrogens is 475 g/mol. The summed E-state index contributed by atoms with van der Waals surface area (Å²) < 4.78 is 47.7. The molecule has 0 aromatic heterocycles. The quantitative estimate of drug-likeness (QED) is 0.629. The summed E-state index contributed by atoms with van der Waals surface area (Å²) in [5.74, 6) is -4.05. The number of sulfonamides is 1. The van der Waals surface area contributed by atoms with Crippen LogP contribution in [0.15, 0.2) is 29.2 Å². The molecule has 178 valence electrons. The highest BCUT2D eigenvalue weighted by molar-refractivity contribution is 7.89. The van der Waals surface area contributed by atoms with Gasteiger partial charge in [-0.2, -0.15) is 4.31 Å². The summed E-state index contributed by atoms with van der Waals surface area (Å²) >= 11 is 6.09. The highest BCUT2D eigenvalue weighted by atomic mass is 35.5. The molecule has 1 N–H and O–H groups in total. The monoisotopic (exact) mass is 498 g/mol. The van der Waals surface area contributed by atoms with E-state index in [1.54, 1.807) is 27.0 Å². The van der Waals surface area contributed by atoms with E-state index in [-0.39, 0.29) is 28.5 Å². The van der Waals surface area contributed by atoms with Crippen LogP contribution in [0.1, 0.15) is 39.9 Å². The minimum atomic E-state index is -4.52. The molecule has 3 rings (SSSR count). The van der Waals surface area contributed by atoms with Crippen molar-refractivity contribution in [3.8, 4) is 0 Å². The van der Waals surface area contributed by atoms with Gasteiger partial charge in [-0.1, -0.05) is 24.6 Å². The molecule has 0 spiro atoms. The second-order valence-corrected chi connectivity index (χ2v) is 10.3. The SMILES string of the molecule is COC(=O)c1cc(Cl)cc2c1S(=O)(=O)N([C@H](C(=O)O)C(C)c1c(F)ccc(C)c1C)CN2C. The van der Waals surface area contributed by atoms with Crippen molar-refractivity contribution in [1.29, 1.82) is 0 Å². The number of carbonyl (C=O) groups is 2. The van der Waals surface area contributed by atoms with Crippen LogP contribution >= 0.6 is 11.6 Å². The molecule has 1 unspecified atom stereocenters. The summed E-state index contributed by atoms with van der Waals surface area (Å²) in [6.45, 7) is 4.54. The Labute approximate surface area is 196 Å². The zero-order valence-electron chi connectivity index (χ0n) is 18.7. The lowest BCUT2D eigenvalue weighted by Crippen LogP contribution is -2.54. The average Bonchev–Trinajstić information content (AvgIpc) is 2.73. The largest absolute Gasteiger partial charge is 0.480 e. The summed E-state index contributed by atoms with van der Waals surface area (Å²) in [6, 6.07) is 3.69. The normalized spacial score (nSPS) is 17.2. The van der Waals surface area contributed by atoms with Gasteiger partial charge in [0, 0.05) is 18.0 Å². The van der Waals surface area contributed by atoms with Crippen LogP contribution in [0.25, 0.3) is 0 Å². The summed E-state index contributed by atoms with van der Waals surface area (Å²) in [5, 5.41) is 10.2. The third-order valence-electron chi connectivity index (χ3n) is 5.99. The Bertz CT molecular complexity index is 1250. The number of nitrogens with zero attached hydrogens (tertiary/aromatic N) is 2. The Morgan fingerprint density at radius 3 is 2.45 bits per heavy atom. The number of anilines is 1. The molecular formula is C22H24ClFN2O6S. The molecule has 11 heteroatoms. The number of rotatable bonds is 5. The Hall–Kier alpha value is -2.69. The Morgan fingerprint density at radius 2 is 1.88 bits per heavy atom. The number of methoxy groups -OCH3 is 1. The Morgan fingerprint density at radius 1 is 1.24 bits per heavy atom. The molecule has 8 nitrogen and oxygen atoms in total. The number of carboxylic acids is 1. The van der Waals surface area contributed by atoms with E-state index in [2.05, 4.69) is 0 Å². The summed E-state index contributed by atoms with van der Waals surface area (Å²) in [4.78, 5) is 25.8. The van der Waals surface area contributed by atoms with Crippen molar-refractivity contribution >= 4 is 39.3 Å². The summed E-state index contributed by atoms with van der Waals surface area (Å²) in [6.07, 6.45) is 0. The average molecular weight is 499 g/mol. The molecule has 2 aromatic carbocycles. The summed E-state index contributed by atoms with van der Waals surface area (Å²) in [7, 11) is -1.89. The van der Waals surface area contributed by atoms with Crippen molar-refractivity contribution in [2.75, 3.05) is 25.7 Å². The van der Waals surface area contributed by atoms with Crippen molar-refractivity contribution < 1.29 is 32.2 Å². The van der Waals surface area contributed by atoms with E-state index in [1.807, 2.05) is 0 Å². The first-order chi connectivity index (χ1) is 15.3. The number of benzene rings is 2. The fraction of sp³-hybridized carbons (Fsp3) is 0.364. The number of halogens is 2. The van der Waals surface area contributed by atoms with Gasteiger partial charge in [-0.15, -0.1) is 0 Å². The van der Waals surface area contributed by atoms with E-state index < -0.39 is 44.6 Å². The standard InChI is InChI=1S/C22H24ClFN2O6S/c1-11-6-7-16(24)18(12(11)2)13(3)19(21(27)28)26-10-25(4)17-9-14(23)8-15(22(29)32-5)20(17)33(26,30)31/h6-9,13,19H,10H2,1-5H3,(H,27,28)/t13?,19-/m0/s1. The van der Waals surface area contributed by atoms with E-state index in [0.717, 1.165) is 23.0 Å². The molecule has 2 atom stereocenters. The van der Waals surface area contributed by atoms with Gasteiger partial charge in [0.25, 0.3) is 0 Å². The van der Waals surface area contributed by atoms with Crippen molar-refractivity contribution in [3.63, 3.8) is 0 Å². The third kappa shape index (κ3) is 4.18. The van der Waals surface area contributed by atoms with E-state index in [9.17, 15) is 27.5 Å². The molecule has 0 amide bonds. The number of carboxylic acid groups (broad SMARTS) is 1. The van der Waals surface area contributed by atoms with Crippen LogP contribution in [-0.2, 0) is 19.6 Å². The predicted octanol–water partition coefficient (Wildman–Crippen LogP) is 3.54. The lowest BCUT2D eigenvalue weighted by molar-refractivity contribution is -0.142. The number of fused-ring (bicyclic) bond motifs is 1. The first-order valence-corrected chi connectivity index (χ1v) is 11.8.